The SMILES string of the molecule is C=C/C=C(\C=C(/CCCC)C(=C)S/C(=C\C(C)CC)CN1CC(CCC)CC(C(C)(C)C)C1)C1=CCNCC1. The van der Waals surface area contributed by atoms with E-state index < -0.39 is 0 Å². The highest BCUT2D eigenvalue weighted by Gasteiger charge is 2.34. The third-order valence-corrected chi connectivity index (χ3v) is 9.54. The maximum Gasteiger partial charge on any atom is 0.0294 e. The lowest BCUT2D eigenvalue weighted by atomic mass is 9.72. The van der Waals surface area contributed by atoms with E-state index in [9.17, 15) is 0 Å². The number of nitrogens with one attached hydrogen (secondary N) is 1. The van der Waals surface area contributed by atoms with Crippen LogP contribution in [0.1, 0.15) is 99.8 Å². The van der Waals surface area contributed by atoms with E-state index in [1.54, 1.807) is 0 Å². The maximum atomic E-state index is 4.68. The summed E-state index contributed by atoms with van der Waals surface area (Å²) in [5.41, 5.74) is 4.48. The number of hydrogen-bond acceptors (Lipinski definition) is 3. The second-order valence-electron chi connectivity index (χ2n) is 13.0. The third-order valence-electron chi connectivity index (χ3n) is 8.50. The Hall–Kier alpha value is -1.29. The molecule has 1 N–H and O–H groups in total. The predicted molar refractivity (Wildman–Crippen MR) is 178 cm³/mol. The summed E-state index contributed by atoms with van der Waals surface area (Å²) in [5, 5.41) is 3.45. The molecule has 2 heterocycles. The van der Waals surface area contributed by atoms with E-state index in [0.717, 1.165) is 44.3 Å². The molecule has 2 aliphatic heterocycles. The summed E-state index contributed by atoms with van der Waals surface area (Å²) in [4.78, 5) is 5.47. The summed E-state index contributed by atoms with van der Waals surface area (Å²) in [6, 6.07) is 0. The first-order chi connectivity index (χ1) is 18.6. The van der Waals surface area contributed by atoms with Crippen LogP contribution >= 0.6 is 11.8 Å². The fourth-order valence-electron chi connectivity index (χ4n) is 5.78. The highest BCUT2D eigenvalue weighted by atomic mass is 32.2. The van der Waals surface area contributed by atoms with Gasteiger partial charge in [0.25, 0.3) is 0 Å². The lowest BCUT2D eigenvalue weighted by molar-refractivity contribution is 0.0658. The molecule has 39 heavy (non-hydrogen) atoms. The van der Waals surface area contributed by atoms with Gasteiger partial charge < -0.3 is 5.32 Å². The van der Waals surface area contributed by atoms with Crippen LogP contribution in [0.5, 0.6) is 0 Å². The number of rotatable bonds is 15. The fourth-order valence-corrected chi connectivity index (χ4v) is 6.94. The zero-order valence-electron chi connectivity index (χ0n) is 26.6. The Morgan fingerprint density at radius 3 is 2.56 bits per heavy atom. The van der Waals surface area contributed by atoms with Crippen LogP contribution in [-0.4, -0.2) is 37.6 Å². The number of hydrogen-bond donors (Lipinski definition) is 1. The quantitative estimate of drug-likeness (QED) is 0.203. The second-order valence-corrected chi connectivity index (χ2v) is 14.2. The molecule has 3 atom stereocenters. The van der Waals surface area contributed by atoms with Crippen molar-refractivity contribution in [3.8, 4) is 0 Å². The molecule has 0 saturated carbocycles. The molecular weight excluding hydrogens is 492 g/mol. The summed E-state index contributed by atoms with van der Waals surface area (Å²) >= 11 is 1.94. The molecule has 0 aliphatic carbocycles. The minimum Gasteiger partial charge on any atom is -0.313 e. The summed E-state index contributed by atoms with van der Waals surface area (Å²) in [5.74, 6) is 2.15. The first-order valence-corrected chi connectivity index (χ1v) is 16.7. The van der Waals surface area contributed by atoms with Crippen LogP contribution in [0.2, 0.25) is 0 Å². The Morgan fingerprint density at radius 2 is 1.97 bits per heavy atom. The molecule has 2 aliphatic rings. The standard InChI is InChI=1S/C36H60N2S/c1-10-14-17-32(24-33(16-12-3)31-18-20-37-21-19-31)29(6)39-35(22-28(5)13-4)27-38-25-30(15-11-2)23-34(26-38)36(7,8)9/h12,16,18,22,24,28,30,34,37H,3,6,10-11,13-15,17,19-21,23,25-27H2,1-2,4-5,7-9H3/b32-24+,33-16+,35-22-. The summed E-state index contributed by atoms with van der Waals surface area (Å²) in [6.45, 7) is 30.8. The van der Waals surface area contributed by atoms with Crippen LogP contribution in [0.25, 0.3) is 0 Å². The van der Waals surface area contributed by atoms with Gasteiger partial charge in [-0.15, -0.1) is 0 Å². The number of nitrogens with zero attached hydrogens (tertiary/aromatic N) is 1. The van der Waals surface area contributed by atoms with Gasteiger partial charge in [0.05, 0.1) is 0 Å². The first-order valence-electron chi connectivity index (χ1n) is 15.8. The van der Waals surface area contributed by atoms with Crippen LogP contribution in [-0.2, 0) is 0 Å². The molecule has 0 bridgehead atoms. The number of thioether (sulfide) groups is 1. The molecule has 2 nitrogen and oxygen atoms in total. The van der Waals surface area contributed by atoms with Crippen molar-refractivity contribution >= 4 is 11.8 Å². The molecule has 3 heteroatoms. The van der Waals surface area contributed by atoms with Crippen molar-refractivity contribution in [1.29, 1.82) is 0 Å². The smallest absolute Gasteiger partial charge is 0.0294 e. The Bertz CT molecular complexity index is 898. The maximum absolute atomic E-state index is 4.68. The van der Waals surface area contributed by atoms with Gasteiger partial charge >= 0.3 is 0 Å². The van der Waals surface area contributed by atoms with Crippen LogP contribution in [0.4, 0.5) is 0 Å². The number of allylic oxidation sites excluding steroid dienone is 6. The van der Waals surface area contributed by atoms with Crippen molar-refractivity contribution in [2.45, 2.75) is 99.8 Å². The van der Waals surface area contributed by atoms with E-state index in [-0.39, 0.29) is 0 Å². The fraction of sp³-hybridized carbons (Fsp3) is 0.667. The van der Waals surface area contributed by atoms with Crippen molar-refractivity contribution < 1.29 is 0 Å². The molecule has 3 unspecified atom stereocenters. The van der Waals surface area contributed by atoms with Crippen LogP contribution < -0.4 is 5.32 Å². The zero-order chi connectivity index (χ0) is 28.8. The van der Waals surface area contributed by atoms with E-state index >= 15 is 0 Å². The average molecular weight is 553 g/mol. The molecular formula is C36H60N2S. The van der Waals surface area contributed by atoms with Gasteiger partial charge in [0.1, 0.15) is 0 Å². The van der Waals surface area contributed by atoms with E-state index in [1.807, 2.05) is 17.8 Å². The Kier molecular flexibility index (Phi) is 15.2. The minimum atomic E-state index is 0.356. The highest BCUT2D eigenvalue weighted by molar-refractivity contribution is 8.07. The van der Waals surface area contributed by atoms with E-state index in [4.69, 9.17) is 0 Å². The lowest BCUT2D eigenvalue weighted by Gasteiger charge is -2.44. The van der Waals surface area contributed by atoms with Gasteiger partial charge in [-0.3, -0.25) is 4.90 Å². The first kappa shape index (κ1) is 33.9. The predicted octanol–water partition coefficient (Wildman–Crippen LogP) is 10.1. The van der Waals surface area contributed by atoms with E-state index in [2.05, 4.69) is 96.1 Å². The van der Waals surface area contributed by atoms with Gasteiger partial charge in [0, 0.05) is 36.0 Å². The van der Waals surface area contributed by atoms with Gasteiger partial charge in [0.2, 0.25) is 0 Å². The van der Waals surface area contributed by atoms with Gasteiger partial charge in [-0.05, 0) is 78.5 Å². The largest absolute Gasteiger partial charge is 0.313 e. The molecule has 0 aromatic rings. The Morgan fingerprint density at radius 1 is 1.21 bits per heavy atom. The Balaban J connectivity index is 2.32. The van der Waals surface area contributed by atoms with Crippen LogP contribution in [0.15, 0.2) is 70.1 Å². The molecule has 0 aromatic heterocycles. The second kappa shape index (κ2) is 17.5. The van der Waals surface area contributed by atoms with E-state index in [0.29, 0.717) is 11.3 Å². The zero-order valence-corrected chi connectivity index (χ0v) is 27.4. The molecule has 220 valence electrons. The van der Waals surface area contributed by atoms with Crippen molar-refractivity contribution in [2.24, 2.45) is 23.2 Å². The normalized spacial score (nSPS) is 22.9. The van der Waals surface area contributed by atoms with Crippen molar-refractivity contribution in [1.82, 2.24) is 10.2 Å². The van der Waals surface area contributed by atoms with Crippen molar-refractivity contribution in [2.75, 3.05) is 32.7 Å². The Labute approximate surface area is 247 Å². The number of unbranched alkanes of at least 4 members (excludes halogenated alkanes) is 1. The third kappa shape index (κ3) is 12.0. The molecule has 0 spiro atoms. The van der Waals surface area contributed by atoms with Crippen molar-refractivity contribution in [3.05, 3.63) is 70.1 Å². The molecule has 0 radical (unpaired) electrons. The average Bonchev–Trinajstić information content (AvgIpc) is 2.90. The van der Waals surface area contributed by atoms with Gasteiger partial charge in [0.15, 0.2) is 0 Å². The topological polar surface area (TPSA) is 15.3 Å². The van der Waals surface area contributed by atoms with E-state index in [1.165, 1.54) is 78.1 Å². The number of piperidine rings is 1. The van der Waals surface area contributed by atoms with Crippen molar-refractivity contribution in [3.63, 3.8) is 0 Å². The van der Waals surface area contributed by atoms with Gasteiger partial charge in [-0.25, -0.2) is 0 Å². The summed E-state index contributed by atoms with van der Waals surface area (Å²) in [6.07, 6.45) is 21.1. The number of likely N-dealkylation sites (tertiary alicyclic amines) is 1. The molecule has 1 saturated heterocycles. The highest BCUT2D eigenvalue weighted by Crippen LogP contribution is 2.39. The van der Waals surface area contributed by atoms with Gasteiger partial charge in [-0.2, -0.15) is 0 Å². The summed E-state index contributed by atoms with van der Waals surface area (Å²) in [7, 11) is 0. The molecule has 0 amide bonds. The minimum absolute atomic E-state index is 0.356. The molecule has 1 fully saturated rings. The molecule has 2 rings (SSSR count). The van der Waals surface area contributed by atoms with Crippen LogP contribution in [0.3, 0.4) is 0 Å². The van der Waals surface area contributed by atoms with Gasteiger partial charge in [-0.1, -0.05) is 123 Å². The molecule has 0 aromatic carbocycles. The summed E-state index contributed by atoms with van der Waals surface area (Å²) < 4.78 is 0. The monoisotopic (exact) mass is 552 g/mol. The lowest BCUT2D eigenvalue weighted by Crippen LogP contribution is -2.45. The van der Waals surface area contributed by atoms with Crippen LogP contribution in [0, 0.1) is 23.2 Å².